The van der Waals surface area contributed by atoms with Gasteiger partial charge < -0.3 is 15.5 Å². The lowest BCUT2D eigenvalue weighted by molar-refractivity contribution is -0.160. The SMILES string of the molecule is Nc1cc(F)cc(C2CCN(/C=C\C(=O)N3CC(F)(F)C3)C2)c1. The highest BCUT2D eigenvalue weighted by molar-refractivity contribution is 5.88. The van der Waals surface area contributed by atoms with Crippen LogP contribution >= 0.6 is 0 Å². The van der Waals surface area contributed by atoms with E-state index in [1.807, 2.05) is 4.90 Å². The molecule has 0 spiro atoms. The molecule has 0 aromatic heterocycles. The molecule has 2 N–H and O–H groups in total. The van der Waals surface area contributed by atoms with E-state index in [1.54, 1.807) is 12.3 Å². The Morgan fingerprint density at radius 2 is 2.04 bits per heavy atom. The highest BCUT2D eigenvalue weighted by Gasteiger charge is 2.45. The Balaban J connectivity index is 1.55. The second kappa shape index (κ2) is 5.79. The molecule has 1 unspecified atom stereocenters. The van der Waals surface area contributed by atoms with Crippen molar-refractivity contribution < 1.29 is 18.0 Å². The van der Waals surface area contributed by atoms with Gasteiger partial charge in [-0.25, -0.2) is 13.2 Å². The summed E-state index contributed by atoms with van der Waals surface area (Å²) in [5.74, 6) is -3.38. The molecule has 1 aromatic carbocycles. The second-order valence-electron chi connectivity index (χ2n) is 6.16. The van der Waals surface area contributed by atoms with Gasteiger partial charge in [-0.2, -0.15) is 0 Å². The number of alkyl halides is 2. The lowest BCUT2D eigenvalue weighted by Crippen LogP contribution is -2.58. The maximum absolute atomic E-state index is 13.4. The van der Waals surface area contributed by atoms with Gasteiger partial charge in [0.05, 0.1) is 13.1 Å². The first kappa shape index (κ1) is 15.7. The number of hydrogen-bond acceptors (Lipinski definition) is 3. The van der Waals surface area contributed by atoms with Crippen LogP contribution in [0, 0.1) is 5.82 Å². The van der Waals surface area contributed by atoms with E-state index in [4.69, 9.17) is 5.73 Å². The summed E-state index contributed by atoms with van der Waals surface area (Å²) < 4.78 is 38.9. The van der Waals surface area contributed by atoms with E-state index in [-0.39, 0.29) is 11.7 Å². The first-order valence-electron chi connectivity index (χ1n) is 7.47. The number of rotatable bonds is 3. The molecule has 1 amide bonds. The Hall–Kier alpha value is -2.18. The zero-order valence-electron chi connectivity index (χ0n) is 12.5. The zero-order chi connectivity index (χ0) is 16.6. The molecule has 4 nitrogen and oxygen atoms in total. The number of likely N-dealkylation sites (tertiary alicyclic amines) is 2. The molecule has 0 saturated carbocycles. The number of amides is 1. The Morgan fingerprint density at radius 1 is 1.30 bits per heavy atom. The average Bonchev–Trinajstić information content (AvgIpc) is 2.90. The molecule has 2 aliphatic rings. The molecule has 0 bridgehead atoms. The van der Waals surface area contributed by atoms with Gasteiger partial charge in [-0.3, -0.25) is 4.79 Å². The third-order valence-corrected chi connectivity index (χ3v) is 4.22. The summed E-state index contributed by atoms with van der Waals surface area (Å²) in [6.07, 6.45) is 3.77. The molecule has 2 heterocycles. The Morgan fingerprint density at radius 3 is 2.70 bits per heavy atom. The molecule has 1 aromatic rings. The number of halogens is 3. The minimum absolute atomic E-state index is 0.140. The van der Waals surface area contributed by atoms with Crippen LogP contribution in [0.4, 0.5) is 18.9 Å². The highest BCUT2D eigenvalue weighted by Crippen LogP contribution is 2.30. The summed E-state index contributed by atoms with van der Waals surface area (Å²) in [6, 6.07) is 4.51. The van der Waals surface area contributed by atoms with Crippen molar-refractivity contribution in [3.05, 3.63) is 41.9 Å². The van der Waals surface area contributed by atoms with Crippen LogP contribution in [-0.2, 0) is 4.79 Å². The van der Waals surface area contributed by atoms with Crippen LogP contribution < -0.4 is 5.73 Å². The monoisotopic (exact) mass is 325 g/mol. The summed E-state index contributed by atoms with van der Waals surface area (Å²) in [5.41, 5.74) is 6.89. The van der Waals surface area contributed by atoms with E-state index in [9.17, 15) is 18.0 Å². The highest BCUT2D eigenvalue weighted by atomic mass is 19.3. The molecule has 2 aliphatic heterocycles. The van der Waals surface area contributed by atoms with Crippen LogP contribution in [-0.4, -0.2) is 47.8 Å². The normalized spacial score (nSPS) is 23.3. The van der Waals surface area contributed by atoms with Crippen LogP contribution in [0.25, 0.3) is 0 Å². The van der Waals surface area contributed by atoms with E-state index in [0.717, 1.165) is 23.4 Å². The summed E-state index contributed by atoms with van der Waals surface area (Å²) >= 11 is 0. The predicted octanol–water partition coefficient (Wildman–Crippen LogP) is 2.19. The Bertz CT molecular complexity index is 619. The summed E-state index contributed by atoms with van der Waals surface area (Å²) in [5, 5.41) is 0. The number of nitrogens with zero attached hydrogens (tertiary/aromatic N) is 2. The Kier molecular flexibility index (Phi) is 3.95. The summed E-state index contributed by atoms with van der Waals surface area (Å²) in [7, 11) is 0. The van der Waals surface area contributed by atoms with E-state index in [0.29, 0.717) is 12.2 Å². The van der Waals surface area contributed by atoms with Gasteiger partial charge in [-0.05, 0) is 30.2 Å². The molecule has 1 atom stereocenters. The summed E-state index contributed by atoms with van der Waals surface area (Å²) in [4.78, 5) is 14.8. The average molecular weight is 325 g/mol. The number of carbonyl (C=O) groups excluding carboxylic acids is 1. The summed E-state index contributed by atoms with van der Waals surface area (Å²) in [6.45, 7) is 0.340. The molecule has 2 saturated heterocycles. The predicted molar refractivity (Wildman–Crippen MR) is 80.4 cm³/mol. The molecule has 0 radical (unpaired) electrons. The maximum atomic E-state index is 13.4. The van der Waals surface area contributed by atoms with Gasteiger partial charge in [0.1, 0.15) is 5.82 Å². The second-order valence-corrected chi connectivity index (χ2v) is 6.16. The van der Waals surface area contributed by atoms with Crippen molar-refractivity contribution in [3.8, 4) is 0 Å². The van der Waals surface area contributed by atoms with Crippen LogP contribution in [0.3, 0.4) is 0 Å². The minimum Gasteiger partial charge on any atom is -0.399 e. The minimum atomic E-state index is -2.75. The van der Waals surface area contributed by atoms with Crippen LogP contribution in [0.15, 0.2) is 30.5 Å². The molecule has 7 heteroatoms. The first-order chi connectivity index (χ1) is 10.8. The standard InChI is InChI=1S/C16H18F3N3O/c17-13-5-12(6-14(20)7-13)11-1-3-21(8-11)4-2-15(23)22-9-16(18,19)10-22/h2,4-7,11H,1,3,8-10,20H2/b4-2-. The van der Waals surface area contributed by atoms with Crippen molar-refractivity contribution in [1.29, 1.82) is 0 Å². The molecule has 2 fully saturated rings. The fourth-order valence-corrected chi connectivity index (χ4v) is 3.01. The van der Waals surface area contributed by atoms with Crippen molar-refractivity contribution in [2.45, 2.75) is 18.3 Å². The molecule has 23 heavy (non-hydrogen) atoms. The van der Waals surface area contributed by atoms with Crippen molar-refractivity contribution in [2.75, 3.05) is 31.9 Å². The fraction of sp³-hybridized carbons (Fsp3) is 0.438. The van der Waals surface area contributed by atoms with Gasteiger partial charge in [0.15, 0.2) is 0 Å². The van der Waals surface area contributed by atoms with Gasteiger partial charge in [-0.1, -0.05) is 0 Å². The molecule has 3 rings (SSSR count). The van der Waals surface area contributed by atoms with Gasteiger partial charge >= 0.3 is 0 Å². The lowest BCUT2D eigenvalue weighted by atomic mass is 9.98. The number of hydrogen-bond donors (Lipinski definition) is 1. The first-order valence-corrected chi connectivity index (χ1v) is 7.47. The molecule has 124 valence electrons. The number of benzene rings is 1. The van der Waals surface area contributed by atoms with Crippen LogP contribution in [0.5, 0.6) is 0 Å². The van der Waals surface area contributed by atoms with Gasteiger partial charge in [0.2, 0.25) is 5.91 Å². The Labute approximate surface area is 132 Å². The number of anilines is 1. The number of nitrogens with two attached hydrogens (primary N) is 1. The van der Waals surface area contributed by atoms with E-state index >= 15 is 0 Å². The van der Waals surface area contributed by atoms with Gasteiger partial charge in [0, 0.05) is 37.0 Å². The van der Waals surface area contributed by atoms with Crippen molar-refractivity contribution in [1.82, 2.24) is 9.80 Å². The van der Waals surface area contributed by atoms with Crippen molar-refractivity contribution >= 4 is 11.6 Å². The number of nitrogen functional groups attached to an aromatic ring is 1. The smallest absolute Gasteiger partial charge is 0.282 e. The van der Waals surface area contributed by atoms with Crippen molar-refractivity contribution in [2.24, 2.45) is 0 Å². The lowest BCUT2D eigenvalue weighted by Gasteiger charge is -2.38. The third kappa shape index (κ3) is 3.60. The van der Waals surface area contributed by atoms with Crippen molar-refractivity contribution in [3.63, 3.8) is 0 Å². The van der Waals surface area contributed by atoms with E-state index < -0.39 is 24.9 Å². The third-order valence-electron chi connectivity index (χ3n) is 4.22. The van der Waals surface area contributed by atoms with E-state index in [1.165, 1.54) is 18.2 Å². The molecular formula is C16H18F3N3O. The largest absolute Gasteiger partial charge is 0.399 e. The zero-order valence-corrected chi connectivity index (χ0v) is 12.5. The van der Waals surface area contributed by atoms with E-state index in [2.05, 4.69) is 0 Å². The topological polar surface area (TPSA) is 49.6 Å². The molecular weight excluding hydrogens is 307 g/mol. The van der Waals surface area contributed by atoms with Gasteiger partial charge in [0.25, 0.3) is 5.92 Å². The number of carbonyl (C=O) groups is 1. The van der Waals surface area contributed by atoms with Crippen LogP contribution in [0.1, 0.15) is 17.9 Å². The fourth-order valence-electron chi connectivity index (χ4n) is 3.01. The maximum Gasteiger partial charge on any atom is 0.282 e. The van der Waals surface area contributed by atoms with Crippen LogP contribution in [0.2, 0.25) is 0 Å². The quantitative estimate of drug-likeness (QED) is 0.685. The molecule has 0 aliphatic carbocycles. The van der Waals surface area contributed by atoms with Gasteiger partial charge in [-0.15, -0.1) is 0 Å².